The molecule has 0 fully saturated rings. The van der Waals surface area contributed by atoms with Gasteiger partial charge in [-0.2, -0.15) is 5.10 Å². The number of carbonyl (C=O) groups is 1. The normalized spacial score (nSPS) is 10.3. The number of ether oxygens (including phenoxy) is 2. The maximum atomic E-state index is 10.9. The number of halogens is 1. The van der Waals surface area contributed by atoms with Crippen LogP contribution in [0.5, 0.6) is 11.6 Å². The summed E-state index contributed by atoms with van der Waals surface area (Å²) in [5.41, 5.74) is 1.38. The predicted octanol–water partition coefficient (Wildman–Crippen LogP) is 1.97. The molecule has 6 nitrogen and oxygen atoms in total. The molecule has 2 aromatic rings. The summed E-state index contributed by atoms with van der Waals surface area (Å²) >= 11 is 6.14. The number of carbonyl (C=O) groups excluding carboxylic acids is 1. The minimum absolute atomic E-state index is 0.178. The molecule has 0 aliphatic heterocycles. The van der Waals surface area contributed by atoms with Crippen molar-refractivity contribution in [3.63, 3.8) is 0 Å². The van der Waals surface area contributed by atoms with Crippen molar-refractivity contribution in [1.82, 2.24) is 14.8 Å². The Morgan fingerprint density at radius 3 is 2.63 bits per heavy atom. The highest BCUT2D eigenvalue weighted by Crippen LogP contribution is 2.36. The lowest BCUT2D eigenvalue weighted by Gasteiger charge is -2.10. The van der Waals surface area contributed by atoms with Crippen LogP contribution in [0.15, 0.2) is 12.3 Å². The van der Waals surface area contributed by atoms with Crippen LogP contribution in [0, 0.1) is 0 Å². The van der Waals surface area contributed by atoms with Gasteiger partial charge in [0.2, 0.25) is 5.88 Å². The van der Waals surface area contributed by atoms with Gasteiger partial charge in [-0.1, -0.05) is 11.6 Å². The van der Waals surface area contributed by atoms with Crippen molar-refractivity contribution in [3.8, 4) is 22.9 Å². The average molecular weight is 282 g/mol. The molecule has 0 atom stereocenters. The van der Waals surface area contributed by atoms with Crippen LogP contribution >= 0.6 is 11.6 Å². The van der Waals surface area contributed by atoms with Crippen LogP contribution in [-0.4, -0.2) is 35.3 Å². The topological polar surface area (TPSA) is 66.2 Å². The maximum Gasteiger partial charge on any atom is 0.216 e. The van der Waals surface area contributed by atoms with E-state index in [4.69, 9.17) is 21.1 Å². The van der Waals surface area contributed by atoms with Crippen molar-refractivity contribution in [2.45, 2.75) is 0 Å². The van der Waals surface area contributed by atoms with Crippen LogP contribution in [0.1, 0.15) is 10.5 Å². The zero-order valence-corrected chi connectivity index (χ0v) is 11.4. The number of hydrogen-bond acceptors (Lipinski definition) is 5. The molecule has 0 aromatic carbocycles. The highest BCUT2D eigenvalue weighted by Gasteiger charge is 2.19. The van der Waals surface area contributed by atoms with Gasteiger partial charge in [-0.3, -0.25) is 9.48 Å². The van der Waals surface area contributed by atoms with Crippen molar-refractivity contribution >= 4 is 17.9 Å². The van der Waals surface area contributed by atoms with Crippen molar-refractivity contribution in [2.75, 3.05) is 14.2 Å². The summed E-state index contributed by atoms with van der Waals surface area (Å²) in [7, 11) is 4.74. The Morgan fingerprint density at radius 2 is 2.11 bits per heavy atom. The molecule has 0 aliphatic carbocycles. The van der Waals surface area contributed by atoms with E-state index in [-0.39, 0.29) is 10.7 Å². The molecule has 0 bridgehead atoms. The fourth-order valence-corrected chi connectivity index (χ4v) is 2.07. The van der Waals surface area contributed by atoms with Gasteiger partial charge in [0.1, 0.15) is 11.4 Å². The van der Waals surface area contributed by atoms with Crippen molar-refractivity contribution in [1.29, 1.82) is 0 Å². The number of hydrogen-bond donors (Lipinski definition) is 0. The second-order valence-corrected chi connectivity index (χ2v) is 4.09. The zero-order chi connectivity index (χ0) is 14.0. The van der Waals surface area contributed by atoms with E-state index in [9.17, 15) is 4.79 Å². The van der Waals surface area contributed by atoms with Gasteiger partial charge >= 0.3 is 0 Å². The van der Waals surface area contributed by atoms with Crippen molar-refractivity contribution in [2.24, 2.45) is 7.05 Å². The fourth-order valence-electron chi connectivity index (χ4n) is 1.76. The van der Waals surface area contributed by atoms with E-state index in [1.54, 1.807) is 19.3 Å². The van der Waals surface area contributed by atoms with Gasteiger partial charge in [0.05, 0.1) is 30.5 Å². The first kappa shape index (κ1) is 13.4. The minimum atomic E-state index is 0.178. The van der Waals surface area contributed by atoms with Crippen LogP contribution in [0.3, 0.4) is 0 Å². The summed E-state index contributed by atoms with van der Waals surface area (Å²) in [6.07, 6.45) is 2.17. The van der Waals surface area contributed by atoms with Gasteiger partial charge in [0.15, 0.2) is 6.29 Å². The highest BCUT2D eigenvalue weighted by molar-refractivity contribution is 6.35. The number of aldehydes is 1. The third-order valence-electron chi connectivity index (χ3n) is 2.65. The molecule has 2 aromatic heterocycles. The molecular weight excluding hydrogens is 270 g/mol. The van der Waals surface area contributed by atoms with E-state index in [0.717, 1.165) is 0 Å². The Labute approximate surface area is 114 Å². The SMILES string of the molecule is COc1cc(OC)c(-c2c(Cl)c(C=O)nn2C)cn1. The van der Waals surface area contributed by atoms with E-state index in [1.807, 2.05) is 0 Å². The van der Waals surface area contributed by atoms with E-state index in [1.165, 1.54) is 18.9 Å². The van der Waals surface area contributed by atoms with Gasteiger partial charge in [0, 0.05) is 19.3 Å². The summed E-state index contributed by atoms with van der Waals surface area (Å²) < 4.78 is 11.8. The Morgan fingerprint density at radius 1 is 1.37 bits per heavy atom. The van der Waals surface area contributed by atoms with Crippen LogP contribution in [-0.2, 0) is 7.05 Å². The standard InChI is InChI=1S/C12H12ClN3O3/c1-16-12(11(13)8(6-17)15-16)7-5-14-10(19-3)4-9(7)18-2/h4-6H,1-3H3. The number of nitrogens with zero attached hydrogens (tertiary/aromatic N) is 3. The smallest absolute Gasteiger partial charge is 0.216 e. The van der Waals surface area contributed by atoms with E-state index in [0.29, 0.717) is 29.2 Å². The largest absolute Gasteiger partial charge is 0.496 e. The molecular formula is C12H12ClN3O3. The number of methoxy groups -OCH3 is 2. The van der Waals surface area contributed by atoms with Crippen LogP contribution in [0.25, 0.3) is 11.3 Å². The van der Waals surface area contributed by atoms with Crippen molar-refractivity contribution < 1.29 is 14.3 Å². The molecule has 7 heteroatoms. The summed E-state index contributed by atoms with van der Waals surface area (Å²) in [6, 6.07) is 1.64. The van der Waals surface area contributed by atoms with Crippen molar-refractivity contribution in [3.05, 3.63) is 23.0 Å². The first-order valence-electron chi connectivity index (χ1n) is 5.38. The lowest BCUT2D eigenvalue weighted by atomic mass is 10.1. The van der Waals surface area contributed by atoms with E-state index in [2.05, 4.69) is 10.1 Å². The molecule has 0 radical (unpaired) electrons. The van der Waals surface area contributed by atoms with Gasteiger partial charge in [-0.05, 0) is 0 Å². The molecule has 100 valence electrons. The predicted molar refractivity (Wildman–Crippen MR) is 69.9 cm³/mol. The third-order valence-corrected chi connectivity index (χ3v) is 3.02. The molecule has 0 N–H and O–H groups in total. The summed E-state index contributed by atoms with van der Waals surface area (Å²) in [5, 5.41) is 4.29. The van der Waals surface area contributed by atoms with E-state index < -0.39 is 0 Å². The van der Waals surface area contributed by atoms with Gasteiger partial charge < -0.3 is 9.47 Å². The van der Waals surface area contributed by atoms with Gasteiger partial charge in [-0.25, -0.2) is 4.98 Å². The number of rotatable bonds is 4. The molecule has 0 aliphatic rings. The van der Waals surface area contributed by atoms with Crippen LogP contribution in [0.2, 0.25) is 5.02 Å². The quantitative estimate of drug-likeness (QED) is 0.802. The average Bonchev–Trinajstić information content (AvgIpc) is 2.72. The van der Waals surface area contributed by atoms with Gasteiger partial charge in [-0.15, -0.1) is 0 Å². The molecule has 0 spiro atoms. The lowest BCUT2D eigenvalue weighted by Crippen LogP contribution is -1.98. The minimum Gasteiger partial charge on any atom is -0.496 e. The highest BCUT2D eigenvalue weighted by atomic mass is 35.5. The number of pyridine rings is 1. The zero-order valence-electron chi connectivity index (χ0n) is 10.7. The Kier molecular flexibility index (Phi) is 3.71. The second-order valence-electron chi connectivity index (χ2n) is 3.72. The molecule has 0 saturated heterocycles. The summed E-state index contributed by atoms with van der Waals surface area (Å²) in [5.74, 6) is 0.962. The number of aromatic nitrogens is 3. The molecule has 2 rings (SSSR count). The van der Waals surface area contributed by atoms with Crippen LogP contribution in [0.4, 0.5) is 0 Å². The first-order valence-corrected chi connectivity index (χ1v) is 5.76. The summed E-state index contributed by atoms with van der Waals surface area (Å²) in [6.45, 7) is 0. The van der Waals surface area contributed by atoms with E-state index >= 15 is 0 Å². The monoisotopic (exact) mass is 281 g/mol. The summed E-state index contributed by atoms with van der Waals surface area (Å²) in [4.78, 5) is 15.0. The third kappa shape index (κ3) is 2.26. The molecule has 0 amide bonds. The number of aryl methyl sites for hydroxylation is 1. The maximum absolute atomic E-state index is 10.9. The molecule has 0 saturated carbocycles. The lowest BCUT2D eigenvalue weighted by molar-refractivity contribution is 0.111. The molecule has 19 heavy (non-hydrogen) atoms. The molecule has 2 heterocycles. The fraction of sp³-hybridized carbons (Fsp3) is 0.250. The Bertz CT molecular complexity index is 625. The van der Waals surface area contributed by atoms with Gasteiger partial charge in [0.25, 0.3) is 0 Å². The second kappa shape index (κ2) is 5.27. The first-order chi connectivity index (χ1) is 9.12. The Hall–Kier alpha value is -2.08. The molecule has 0 unspecified atom stereocenters. The van der Waals surface area contributed by atoms with Crippen LogP contribution < -0.4 is 9.47 Å². The Balaban J connectivity index is 2.64.